The van der Waals surface area contributed by atoms with E-state index in [9.17, 15) is 4.79 Å². The van der Waals surface area contributed by atoms with E-state index < -0.39 is 5.54 Å². The highest BCUT2D eigenvalue weighted by atomic mass is 16.1. The van der Waals surface area contributed by atoms with Gasteiger partial charge in [0.1, 0.15) is 0 Å². The molecule has 0 radical (unpaired) electrons. The van der Waals surface area contributed by atoms with Crippen molar-refractivity contribution in [3.05, 3.63) is 65.5 Å². The molecule has 1 aromatic carbocycles. The standard InChI is InChI=1S/C17H20N2O/c1-13-6-8-14(9-7-13)11-16(20)19-17(2,3)15-5-4-10-18-12-15/h4-10,12H,11H2,1-3H3,(H,19,20). The Bertz CT molecular complexity index is 574. The van der Waals surface area contributed by atoms with Crippen molar-refractivity contribution in [3.63, 3.8) is 0 Å². The molecule has 0 aliphatic rings. The fraction of sp³-hybridized carbons (Fsp3) is 0.294. The summed E-state index contributed by atoms with van der Waals surface area (Å²) < 4.78 is 0. The topological polar surface area (TPSA) is 42.0 Å². The molecule has 0 spiro atoms. The predicted molar refractivity (Wildman–Crippen MR) is 80.3 cm³/mol. The first-order valence-electron chi connectivity index (χ1n) is 6.74. The Kier molecular flexibility index (Phi) is 4.18. The molecule has 1 N–H and O–H groups in total. The third-order valence-electron chi connectivity index (χ3n) is 3.32. The van der Waals surface area contributed by atoms with Crippen molar-refractivity contribution in [2.24, 2.45) is 0 Å². The number of aryl methyl sites for hydroxylation is 1. The Morgan fingerprint density at radius 1 is 1.20 bits per heavy atom. The molecule has 0 aliphatic carbocycles. The van der Waals surface area contributed by atoms with Gasteiger partial charge in [0.25, 0.3) is 0 Å². The van der Waals surface area contributed by atoms with Crippen LogP contribution in [-0.4, -0.2) is 10.9 Å². The van der Waals surface area contributed by atoms with Crippen LogP contribution < -0.4 is 5.32 Å². The molecule has 3 heteroatoms. The van der Waals surface area contributed by atoms with Crippen molar-refractivity contribution in [2.75, 3.05) is 0 Å². The first-order chi connectivity index (χ1) is 9.47. The molecule has 2 aromatic rings. The molecular formula is C17H20N2O. The van der Waals surface area contributed by atoms with Gasteiger partial charge in [0.2, 0.25) is 5.91 Å². The molecule has 0 atom stereocenters. The van der Waals surface area contributed by atoms with Crippen molar-refractivity contribution in [2.45, 2.75) is 32.7 Å². The molecule has 0 unspecified atom stereocenters. The molecular weight excluding hydrogens is 248 g/mol. The van der Waals surface area contributed by atoms with Crippen LogP contribution in [0.2, 0.25) is 0 Å². The van der Waals surface area contributed by atoms with Gasteiger partial charge in [-0.1, -0.05) is 35.9 Å². The van der Waals surface area contributed by atoms with E-state index in [2.05, 4.69) is 10.3 Å². The van der Waals surface area contributed by atoms with Gasteiger partial charge in [-0.05, 0) is 38.0 Å². The summed E-state index contributed by atoms with van der Waals surface area (Å²) in [7, 11) is 0. The summed E-state index contributed by atoms with van der Waals surface area (Å²) >= 11 is 0. The van der Waals surface area contributed by atoms with Gasteiger partial charge < -0.3 is 5.32 Å². The molecule has 1 amide bonds. The van der Waals surface area contributed by atoms with Gasteiger partial charge in [-0.2, -0.15) is 0 Å². The second-order valence-corrected chi connectivity index (χ2v) is 5.58. The number of rotatable bonds is 4. The summed E-state index contributed by atoms with van der Waals surface area (Å²) in [5, 5.41) is 3.06. The van der Waals surface area contributed by atoms with Gasteiger partial charge in [-0.3, -0.25) is 9.78 Å². The zero-order chi connectivity index (χ0) is 14.6. The lowest BCUT2D eigenvalue weighted by Gasteiger charge is -2.26. The van der Waals surface area contributed by atoms with E-state index in [4.69, 9.17) is 0 Å². The smallest absolute Gasteiger partial charge is 0.225 e. The molecule has 0 fully saturated rings. The predicted octanol–water partition coefficient (Wildman–Crippen LogP) is 2.98. The minimum absolute atomic E-state index is 0.0164. The van der Waals surface area contributed by atoms with Crippen molar-refractivity contribution in [3.8, 4) is 0 Å². The van der Waals surface area contributed by atoms with Crippen LogP contribution in [0.25, 0.3) is 0 Å². The molecule has 2 rings (SSSR count). The third kappa shape index (κ3) is 3.67. The average Bonchev–Trinajstić information content (AvgIpc) is 2.42. The maximum absolute atomic E-state index is 12.2. The van der Waals surface area contributed by atoms with Crippen LogP contribution in [-0.2, 0) is 16.8 Å². The summed E-state index contributed by atoms with van der Waals surface area (Å²) in [4.78, 5) is 16.3. The van der Waals surface area contributed by atoms with Crippen LogP contribution in [0.1, 0.15) is 30.5 Å². The summed E-state index contributed by atoms with van der Waals surface area (Å²) in [6, 6.07) is 11.9. The summed E-state index contributed by atoms with van der Waals surface area (Å²) in [6.07, 6.45) is 3.91. The molecule has 1 aromatic heterocycles. The molecule has 0 aliphatic heterocycles. The lowest BCUT2D eigenvalue weighted by molar-refractivity contribution is -0.122. The van der Waals surface area contributed by atoms with Crippen LogP contribution in [0.15, 0.2) is 48.8 Å². The highest BCUT2D eigenvalue weighted by Gasteiger charge is 2.22. The molecule has 0 bridgehead atoms. The number of carbonyl (C=O) groups excluding carboxylic acids is 1. The van der Waals surface area contributed by atoms with Gasteiger partial charge >= 0.3 is 0 Å². The SMILES string of the molecule is Cc1ccc(CC(=O)NC(C)(C)c2cccnc2)cc1. The highest BCUT2D eigenvalue weighted by molar-refractivity contribution is 5.79. The van der Waals surface area contributed by atoms with E-state index >= 15 is 0 Å². The lowest BCUT2D eigenvalue weighted by Crippen LogP contribution is -2.41. The molecule has 1 heterocycles. The quantitative estimate of drug-likeness (QED) is 0.926. The summed E-state index contributed by atoms with van der Waals surface area (Å²) in [6.45, 7) is 6.00. The normalized spacial score (nSPS) is 11.2. The van der Waals surface area contributed by atoms with Gasteiger partial charge in [0.05, 0.1) is 12.0 Å². The van der Waals surface area contributed by atoms with E-state index in [-0.39, 0.29) is 5.91 Å². The average molecular weight is 268 g/mol. The van der Waals surface area contributed by atoms with E-state index in [1.165, 1.54) is 5.56 Å². The highest BCUT2D eigenvalue weighted by Crippen LogP contribution is 2.18. The van der Waals surface area contributed by atoms with Crippen LogP contribution >= 0.6 is 0 Å². The minimum Gasteiger partial charge on any atom is -0.347 e. The fourth-order valence-corrected chi connectivity index (χ4v) is 2.09. The molecule has 104 valence electrons. The van der Waals surface area contributed by atoms with E-state index in [1.54, 1.807) is 12.4 Å². The zero-order valence-electron chi connectivity index (χ0n) is 12.2. The fourth-order valence-electron chi connectivity index (χ4n) is 2.09. The van der Waals surface area contributed by atoms with Crippen molar-refractivity contribution in [1.82, 2.24) is 10.3 Å². The van der Waals surface area contributed by atoms with Gasteiger partial charge in [-0.15, -0.1) is 0 Å². The van der Waals surface area contributed by atoms with Gasteiger partial charge in [0.15, 0.2) is 0 Å². The number of nitrogens with zero attached hydrogens (tertiary/aromatic N) is 1. The second kappa shape index (κ2) is 5.87. The van der Waals surface area contributed by atoms with Crippen LogP contribution in [0, 0.1) is 6.92 Å². The molecule has 3 nitrogen and oxygen atoms in total. The Morgan fingerprint density at radius 3 is 2.50 bits per heavy atom. The first kappa shape index (κ1) is 14.3. The Balaban J connectivity index is 2.02. The Morgan fingerprint density at radius 2 is 1.90 bits per heavy atom. The number of hydrogen-bond donors (Lipinski definition) is 1. The van der Waals surface area contributed by atoms with Gasteiger partial charge in [0, 0.05) is 12.4 Å². The van der Waals surface area contributed by atoms with E-state index in [1.807, 2.05) is 57.2 Å². The second-order valence-electron chi connectivity index (χ2n) is 5.58. The number of pyridine rings is 1. The van der Waals surface area contributed by atoms with Crippen LogP contribution in [0.5, 0.6) is 0 Å². The number of hydrogen-bond acceptors (Lipinski definition) is 2. The lowest BCUT2D eigenvalue weighted by atomic mass is 9.95. The van der Waals surface area contributed by atoms with Crippen LogP contribution in [0.3, 0.4) is 0 Å². The number of benzene rings is 1. The van der Waals surface area contributed by atoms with Crippen molar-refractivity contribution >= 4 is 5.91 Å². The first-order valence-corrected chi connectivity index (χ1v) is 6.74. The zero-order valence-corrected chi connectivity index (χ0v) is 12.2. The number of amides is 1. The Hall–Kier alpha value is -2.16. The summed E-state index contributed by atoms with van der Waals surface area (Å²) in [5.74, 6) is 0.0164. The molecule has 20 heavy (non-hydrogen) atoms. The van der Waals surface area contributed by atoms with Crippen molar-refractivity contribution < 1.29 is 4.79 Å². The maximum atomic E-state index is 12.2. The van der Waals surface area contributed by atoms with Gasteiger partial charge in [-0.25, -0.2) is 0 Å². The number of aromatic nitrogens is 1. The maximum Gasteiger partial charge on any atom is 0.225 e. The van der Waals surface area contributed by atoms with E-state index in [0.29, 0.717) is 6.42 Å². The van der Waals surface area contributed by atoms with Crippen molar-refractivity contribution in [1.29, 1.82) is 0 Å². The molecule has 0 saturated carbocycles. The number of carbonyl (C=O) groups is 1. The molecule has 0 saturated heterocycles. The monoisotopic (exact) mass is 268 g/mol. The summed E-state index contributed by atoms with van der Waals surface area (Å²) in [5.41, 5.74) is 2.80. The Labute approximate surface area is 120 Å². The van der Waals surface area contributed by atoms with Crippen LogP contribution in [0.4, 0.5) is 0 Å². The minimum atomic E-state index is -0.421. The third-order valence-corrected chi connectivity index (χ3v) is 3.32. The van der Waals surface area contributed by atoms with E-state index in [0.717, 1.165) is 11.1 Å². The number of nitrogens with one attached hydrogen (secondary N) is 1. The largest absolute Gasteiger partial charge is 0.347 e.